The summed E-state index contributed by atoms with van der Waals surface area (Å²) in [6.07, 6.45) is 5.11. The Balaban J connectivity index is 0.000000282. The fourth-order valence-electron chi connectivity index (χ4n) is 1.74. The summed E-state index contributed by atoms with van der Waals surface area (Å²) in [4.78, 5) is 0. The van der Waals surface area contributed by atoms with E-state index in [0.717, 1.165) is 38.7 Å². The van der Waals surface area contributed by atoms with E-state index in [2.05, 4.69) is 5.32 Å². The van der Waals surface area contributed by atoms with Crippen LogP contribution in [0.1, 0.15) is 32.6 Å². The third kappa shape index (κ3) is 11.4. The maximum Gasteiger partial charge on any atom is 1.00 e. The van der Waals surface area contributed by atoms with Crippen molar-refractivity contribution in [1.82, 2.24) is 0 Å². The minimum Gasteiger partial charge on any atom is -0.685 e. The largest absolute Gasteiger partial charge is 1.00 e. The Morgan fingerprint density at radius 2 is 1.30 bits per heavy atom. The van der Waals surface area contributed by atoms with Crippen molar-refractivity contribution in [2.75, 3.05) is 33.0 Å². The zero-order valence-electron chi connectivity index (χ0n) is 13.0. The van der Waals surface area contributed by atoms with E-state index in [1.54, 1.807) is 0 Å². The maximum absolute atomic E-state index is 4.94. The third-order valence-electron chi connectivity index (χ3n) is 2.75. The van der Waals surface area contributed by atoms with Crippen LogP contribution in [0.4, 0.5) is 5.69 Å². The summed E-state index contributed by atoms with van der Waals surface area (Å²) < 4.78 is 9.89. The SMILES string of the molecule is C1CCOC1.C1CCOC1.CC[N-]c1ccccc1.[Li+]. The van der Waals surface area contributed by atoms with E-state index < -0.39 is 0 Å². The van der Waals surface area contributed by atoms with Crippen molar-refractivity contribution in [2.45, 2.75) is 32.6 Å². The number of hydrogen-bond donors (Lipinski definition) is 0. The maximum atomic E-state index is 4.94. The minimum atomic E-state index is 0. The molecule has 4 heteroatoms. The topological polar surface area (TPSA) is 32.6 Å². The molecule has 108 valence electrons. The quantitative estimate of drug-likeness (QED) is 0.760. The summed E-state index contributed by atoms with van der Waals surface area (Å²) in [5, 5.41) is 4.21. The molecule has 2 aliphatic heterocycles. The van der Waals surface area contributed by atoms with Gasteiger partial charge in [-0.25, -0.2) is 0 Å². The summed E-state index contributed by atoms with van der Waals surface area (Å²) in [5.41, 5.74) is 1.07. The predicted molar refractivity (Wildman–Crippen MR) is 80.1 cm³/mol. The van der Waals surface area contributed by atoms with Crippen molar-refractivity contribution in [3.63, 3.8) is 0 Å². The van der Waals surface area contributed by atoms with E-state index in [1.165, 1.54) is 25.7 Å². The van der Waals surface area contributed by atoms with Crippen molar-refractivity contribution in [2.24, 2.45) is 0 Å². The molecule has 0 radical (unpaired) electrons. The van der Waals surface area contributed by atoms with Gasteiger partial charge in [-0.3, -0.25) is 0 Å². The van der Waals surface area contributed by atoms with Crippen LogP contribution in [-0.2, 0) is 9.47 Å². The first-order chi connectivity index (χ1) is 9.43. The molecular formula is C16H26LiNO2. The van der Waals surface area contributed by atoms with Crippen molar-refractivity contribution in [3.8, 4) is 0 Å². The molecule has 0 spiro atoms. The molecule has 2 aliphatic rings. The van der Waals surface area contributed by atoms with Gasteiger partial charge in [0, 0.05) is 26.4 Å². The molecule has 3 nitrogen and oxygen atoms in total. The number of benzene rings is 1. The van der Waals surface area contributed by atoms with Gasteiger partial charge in [-0.15, -0.1) is 12.2 Å². The minimum absolute atomic E-state index is 0. The number of rotatable bonds is 2. The van der Waals surface area contributed by atoms with Crippen LogP contribution >= 0.6 is 0 Å². The normalized spacial score (nSPS) is 16.1. The molecule has 3 rings (SSSR count). The van der Waals surface area contributed by atoms with Crippen molar-refractivity contribution >= 4 is 5.69 Å². The monoisotopic (exact) mass is 271 g/mol. The Morgan fingerprint density at radius 1 is 0.850 bits per heavy atom. The van der Waals surface area contributed by atoms with Gasteiger partial charge >= 0.3 is 18.9 Å². The third-order valence-corrected chi connectivity index (χ3v) is 2.75. The molecule has 1 aromatic rings. The smallest absolute Gasteiger partial charge is 0.685 e. The fraction of sp³-hybridized carbons (Fsp3) is 0.625. The molecule has 0 bridgehead atoms. The molecule has 0 aromatic heterocycles. The van der Waals surface area contributed by atoms with E-state index in [9.17, 15) is 0 Å². The molecule has 20 heavy (non-hydrogen) atoms. The van der Waals surface area contributed by atoms with Gasteiger partial charge in [0.1, 0.15) is 0 Å². The molecule has 1 aromatic carbocycles. The van der Waals surface area contributed by atoms with Crippen LogP contribution < -0.4 is 18.9 Å². The molecule has 0 saturated carbocycles. The van der Waals surface area contributed by atoms with Gasteiger partial charge in [-0.05, 0) is 25.7 Å². The first kappa shape index (κ1) is 19.5. The number of para-hydroxylation sites is 1. The Hall–Kier alpha value is -0.463. The van der Waals surface area contributed by atoms with Crippen LogP contribution in [0.5, 0.6) is 0 Å². The zero-order valence-corrected chi connectivity index (χ0v) is 13.0. The molecule has 0 amide bonds. The average Bonchev–Trinajstić information content (AvgIpc) is 3.19. The molecule has 2 saturated heterocycles. The van der Waals surface area contributed by atoms with Crippen LogP contribution in [0.2, 0.25) is 0 Å². The second kappa shape index (κ2) is 14.9. The summed E-state index contributed by atoms with van der Waals surface area (Å²) in [5.74, 6) is 0. The van der Waals surface area contributed by atoms with E-state index >= 15 is 0 Å². The van der Waals surface area contributed by atoms with Gasteiger partial charge in [0.2, 0.25) is 0 Å². The van der Waals surface area contributed by atoms with Crippen LogP contribution in [0, 0.1) is 0 Å². The van der Waals surface area contributed by atoms with Gasteiger partial charge < -0.3 is 14.8 Å². The van der Waals surface area contributed by atoms with Crippen LogP contribution in [0.15, 0.2) is 30.3 Å². The molecule has 0 aliphatic carbocycles. The number of nitrogens with zero attached hydrogens (tertiary/aromatic N) is 1. The van der Waals surface area contributed by atoms with Crippen LogP contribution in [0.3, 0.4) is 0 Å². The Kier molecular flexibility index (Phi) is 14.6. The molecular weight excluding hydrogens is 245 g/mol. The zero-order chi connectivity index (χ0) is 13.6. The Morgan fingerprint density at radius 3 is 1.60 bits per heavy atom. The Labute approximate surface area is 135 Å². The molecule has 0 atom stereocenters. The van der Waals surface area contributed by atoms with Gasteiger partial charge in [0.25, 0.3) is 0 Å². The van der Waals surface area contributed by atoms with Gasteiger partial charge in [-0.2, -0.15) is 0 Å². The Bertz CT molecular complexity index is 263. The second-order valence-electron chi connectivity index (χ2n) is 4.45. The van der Waals surface area contributed by atoms with E-state index in [4.69, 9.17) is 9.47 Å². The van der Waals surface area contributed by atoms with Crippen molar-refractivity contribution in [1.29, 1.82) is 0 Å². The van der Waals surface area contributed by atoms with Gasteiger partial charge in [0.05, 0.1) is 0 Å². The van der Waals surface area contributed by atoms with Crippen molar-refractivity contribution < 1.29 is 28.3 Å². The summed E-state index contributed by atoms with van der Waals surface area (Å²) >= 11 is 0. The van der Waals surface area contributed by atoms with Crippen LogP contribution in [0.25, 0.3) is 5.32 Å². The molecule has 2 fully saturated rings. The molecule has 0 N–H and O–H groups in total. The van der Waals surface area contributed by atoms with E-state index in [0.29, 0.717) is 0 Å². The first-order valence-electron chi connectivity index (χ1n) is 7.31. The van der Waals surface area contributed by atoms with E-state index in [-0.39, 0.29) is 18.9 Å². The number of ether oxygens (including phenoxy) is 2. The van der Waals surface area contributed by atoms with Gasteiger partial charge in [0.15, 0.2) is 0 Å². The average molecular weight is 271 g/mol. The second-order valence-corrected chi connectivity index (χ2v) is 4.45. The van der Waals surface area contributed by atoms with E-state index in [1.807, 2.05) is 37.3 Å². The number of hydrogen-bond acceptors (Lipinski definition) is 2. The van der Waals surface area contributed by atoms with Crippen molar-refractivity contribution in [3.05, 3.63) is 35.6 Å². The summed E-state index contributed by atoms with van der Waals surface area (Å²) in [7, 11) is 0. The summed E-state index contributed by atoms with van der Waals surface area (Å²) in [6, 6.07) is 9.99. The van der Waals surface area contributed by atoms with Crippen LogP contribution in [-0.4, -0.2) is 33.0 Å². The molecule has 2 heterocycles. The molecule has 0 unspecified atom stereocenters. The fourth-order valence-corrected chi connectivity index (χ4v) is 1.74. The predicted octanol–water partition coefficient (Wildman–Crippen LogP) is 1.31. The summed E-state index contributed by atoms with van der Waals surface area (Å²) in [6.45, 7) is 6.90. The first-order valence-corrected chi connectivity index (χ1v) is 7.31. The van der Waals surface area contributed by atoms with Gasteiger partial charge in [-0.1, -0.05) is 37.3 Å². The standard InChI is InChI=1S/C8H10N.2C4H8O.Li/c1-2-9-8-6-4-3-5-7-8;2*1-2-4-5-3-1;/h3-7H,2H2,1H3;2*1-4H2;/q-1;;;+1.